The summed E-state index contributed by atoms with van der Waals surface area (Å²) in [6, 6.07) is 0.248. The summed E-state index contributed by atoms with van der Waals surface area (Å²) in [5.41, 5.74) is 6.25. The molecule has 19 heavy (non-hydrogen) atoms. The van der Waals surface area contributed by atoms with Gasteiger partial charge in [-0.15, -0.1) is 5.10 Å². The normalized spacial score (nSPS) is 24.8. The molecule has 0 spiro atoms. The predicted octanol–water partition coefficient (Wildman–Crippen LogP) is 2.08. The molecule has 1 atom stereocenters. The van der Waals surface area contributed by atoms with Gasteiger partial charge in [-0.3, -0.25) is 0 Å². The summed E-state index contributed by atoms with van der Waals surface area (Å²) in [6.45, 7) is 9.26. The summed E-state index contributed by atoms with van der Waals surface area (Å²) in [7, 11) is 0. The summed E-state index contributed by atoms with van der Waals surface area (Å²) in [5.74, 6) is 0. The van der Waals surface area contributed by atoms with Crippen molar-refractivity contribution in [3.8, 4) is 0 Å². The largest absolute Gasteiger partial charge is 0.367 e. The fourth-order valence-electron chi connectivity index (χ4n) is 2.98. The molecule has 2 rings (SSSR count). The average Bonchev–Trinajstić information content (AvgIpc) is 2.80. The summed E-state index contributed by atoms with van der Waals surface area (Å²) in [6.07, 6.45) is 6.09. The molecule has 1 aliphatic rings. The van der Waals surface area contributed by atoms with E-state index in [1.807, 2.05) is 4.68 Å². The first-order chi connectivity index (χ1) is 8.84. The van der Waals surface area contributed by atoms with Crippen LogP contribution in [0.3, 0.4) is 0 Å². The monoisotopic (exact) mass is 266 g/mol. The van der Waals surface area contributed by atoms with Crippen LogP contribution in [0, 0.1) is 0 Å². The molecule has 0 bridgehead atoms. The van der Waals surface area contributed by atoms with Crippen LogP contribution in [0.2, 0.25) is 0 Å². The van der Waals surface area contributed by atoms with Crippen LogP contribution in [0.5, 0.6) is 0 Å². The number of hydrogen-bond donors (Lipinski definition) is 1. The smallest absolute Gasteiger partial charge is 0.0858 e. The van der Waals surface area contributed by atoms with Crippen LogP contribution >= 0.6 is 0 Å². The Morgan fingerprint density at radius 1 is 1.37 bits per heavy atom. The van der Waals surface area contributed by atoms with Gasteiger partial charge in [-0.25, -0.2) is 4.68 Å². The van der Waals surface area contributed by atoms with Crippen molar-refractivity contribution in [2.24, 2.45) is 5.73 Å². The molecule has 1 saturated heterocycles. The standard InChI is InChI=1S/C14H26N4O/c1-13(2)9-12(14(3,4)19-13)18-10-11(16-17-18)7-5-6-8-15/h10,12H,5-9,15H2,1-4H3. The van der Waals surface area contributed by atoms with Crippen LogP contribution < -0.4 is 5.73 Å². The quantitative estimate of drug-likeness (QED) is 0.829. The first-order valence-electron chi connectivity index (χ1n) is 7.15. The lowest BCUT2D eigenvalue weighted by Gasteiger charge is -2.26. The highest BCUT2D eigenvalue weighted by molar-refractivity contribution is 5.01. The van der Waals surface area contributed by atoms with Crippen LogP contribution in [0.25, 0.3) is 0 Å². The van der Waals surface area contributed by atoms with Gasteiger partial charge in [0.15, 0.2) is 0 Å². The third-order valence-electron chi connectivity index (χ3n) is 3.79. The van der Waals surface area contributed by atoms with Crippen molar-refractivity contribution in [2.45, 2.75) is 70.6 Å². The Morgan fingerprint density at radius 2 is 2.11 bits per heavy atom. The number of ether oxygens (including phenoxy) is 1. The van der Waals surface area contributed by atoms with Crippen molar-refractivity contribution in [3.63, 3.8) is 0 Å². The zero-order valence-corrected chi connectivity index (χ0v) is 12.5. The van der Waals surface area contributed by atoms with Crippen molar-refractivity contribution in [2.75, 3.05) is 6.54 Å². The number of nitrogens with two attached hydrogens (primary N) is 1. The predicted molar refractivity (Wildman–Crippen MR) is 74.9 cm³/mol. The van der Waals surface area contributed by atoms with Gasteiger partial charge in [0.1, 0.15) is 0 Å². The first-order valence-corrected chi connectivity index (χ1v) is 7.15. The highest BCUT2D eigenvalue weighted by Gasteiger charge is 2.47. The number of nitrogens with zero attached hydrogens (tertiary/aromatic N) is 3. The Bertz CT molecular complexity index is 425. The van der Waals surface area contributed by atoms with E-state index < -0.39 is 0 Å². The summed E-state index contributed by atoms with van der Waals surface area (Å²) >= 11 is 0. The second kappa shape index (κ2) is 5.21. The molecule has 5 nitrogen and oxygen atoms in total. The zero-order chi connectivity index (χ0) is 14.1. The molecular formula is C14H26N4O. The molecule has 1 aliphatic heterocycles. The molecule has 1 fully saturated rings. The lowest BCUT2D eigenvalue weighted by molar-refractivity contribution is -0.0738. The van der Waals surface area contributed by atoms with Crippen molar-refractivity contribution >= 4 is 0 Å². The molecule has 2 heterocycles. The SMILES string of the molecule is CC1(C)CC(n2cc(CCCCN)nn2)C(C)(C)O1. The van der Waals surface area contributed by atoms with Gasteiger partial charge >= 0.3 is 0 Å². The maximum Gasteiger partial charge on any atom is 0.0858 e. The van der Waals surface area contributed by atoms with Gasteiger partial charge in [0.2, 0.25) is 0 Å². The van der Waals surface area contributed by atoms with Crippen LogP contribution in [0.4, 0.5) is 0 Å². The van der Waals surface area contributed by atoms with Gasteiger partial charge in [-0.05, 0) is 53.5 Å². The maximum absolute atomic E-state index is 6.11. The molecule has 1 unspecified atom stereocenters. The minimum Gasteiger partial charge on any atom is -0.367 e. The Labute approximate surface area is 115 Å². The number of hydrogen-bond acceptors (Lipinski definition) is 4. The summed E-state index contributed by atoms with van der Waals surface area (Å²) < 4.78 is 8.08. The Hall–Kier alpha value is -0.940. The molecule has 0 aromatic carbocycles. The molecule has 5 heteroatoms. The lowest BCUT2D eigenvalue weighted by atomic mass is 9.95. The van der Waals surface area contributed by atoms with E-state index in [0.29, 0.717) is 0 Å². The van der Waals surface area contributed by atoms with E-state index in [9.17, 15) is 0 Å². The first kappa shape index (κ1) is 14.5. The summed E-state index contributed by atoms with van der Waals surface area (Å²) in [4.78, 5) is 0. The van der Waals surface area contributed by atoms with Gasteiger partial charge in [-0.1, -0.05) is 5.21 Å². The van der Waals surface area contributed by atoms with Crippen molar-refractivity contribution in [3.05, 3.63) is 11.9 Å². The molecule has 108 valence electrons. The third kappa shape index (κ3) is 3.34. The Kier molecular flexibility index (Phi) is 3.97. The highest BCUT2D eigenvalue weighted by Crippen LogP contribution is 2.44. The van der Waals surface area contributed by atoms with Crippen LogP contribution in [-0.4, -0.2) is 32.7 Å². The third-order valence-corrected chi connectivity index (χ3v) is 3.79. The molecule has 2 N–H and O–H groups in total. The van der Waals surface area contributed by atoms with Crippen molar-refractivity contribution < 1.29 is 4.74 Å². The Morgan fingerprint density at radius 3 is 2.68 bits per heavy atom. The van der Waals surface area contributed by atoms with E-state index in [-0.39, 0.29) is 17.2 Å². The zero-order valence-electron chi connectivity index (χ0n) is 12.5. The summed E-state index contributed by atoms with van der Waals surface area (Å²) in [5, 5.41) is 8.56. The molecule has 0 saturated carbocycles. The second-order valence-electron chi connectivity index (χ2n) is 6.62. The van der Waals surface area contributed by atoms with E-state index in [1.54, 1.807) is 0 Å². The van der Waals surface area contributed by atoms with Crippen molar-refractivity contribution in [1.29, 1.82) is 0 Å². The fourth-order valence-corrected chi connectivity index (χ4v) is 2.98. The number of aryl methyl sites for hydroxylation is 1. The maximum atomic E-state index is 6.11. The molecule has 1 aromatic heterocycles. The molecule has 0 aliphatic carbocycles. The molecule has 0 radical (unpaired) electrons. The van der Waals surface area contributed by atoms with E-state index in [2.05, 4.69) is 44.2 Å². The molecule has 1 aromatic rings. The topological polar surface area (TPSA) is 66.0 Å². The van der Waals surface area contributed by atoms with E-state index in [0.717, 1.165) is 37.9 Å². The van der Waals surface area contributed by atoms with Gasteiger partial charge in [0.05, 0.1) is 22.9 Å². The van der Waals surface area contributed by atoms with Crippen LogP contribution in [-0.2, 0) is 11.2 Å². The average molecular weight is 266 g/mol. The van der Waals surface area contributed by atoms with Crippen molar-refractivity contribution in [1.82, 2.24) is 15.0 Å². The highest BCUT2D eigenvalue weighted by atomic mass is 16.5. The van der Waals surface area contributed by atoms with Gasteiger partial charge in [0, 0.05) is 12.6 Å². The van der Waals surface area contributed by atoms with Gasteiger partial charge in [0.25, 0.3) is 0 Å². The second-order valence-corrected chi connectivity index (χ2v) is 6.62. The number of aromatic nitrogens is 3. The molecular weight excluding hydrogens is 240 g/mol. The van der Waals surface area contributed by atoms with Crippen LogP contribution in [0.1, 0.15) is 58.7 Å². The lowest BCUT2D eigenvalue weighted by Crippen LogP contribution is -2.31. The van der Waals surface area contributed by atoms with E-state index >= 15 is 0 Å². The van der Waals surface area contributed by atoms with Crippen LogP contribution in [0.15, 0.2) is 6.20 Å². The number of rotatable bonds is 5. The Balaban J connectivity index is 2.06. The fraction of sp³-hybridized carbons (Fsp3) is 0.857. The van der Waals surface area contributed by atoms with Gasteiger partial charge in [-0.2, -0.15) is 0 Å². The van der Waals surface area contributed by atoms with E-state index in [1.165, 1.54) is 0 Å². The minimum atomic E-state index is -0.203. The molecule has 0 amide bonds. The number of unbranched alkanes of at least 4 members (excludes halogenated alkanes) is 1. The van der Waals surface area contributed by atoms with Gasteiger partial charge < -0.3 is 10.5 Å². The van der Waals surface area contributed by atoms with E-state index in [4.69, 9.17) is 10.5 Å². The minimum absolute atomic E-state index is 0.0974.